The van der Waals surface area contributed by atoms with Crippen LogP contribution in [-0.4, -0.2) is 41.8 Å². The van der Waals surface area contributed by atoms with Crippen LogP contribution >= 0.6 is 0 Å². The van der Waals surface area contributed by atoms with E-state index < -0.39 is 0 Å². The van der Waals surface area contributed by atoms with Crippen molar-refractivity contribution in [2.45, 2.75) is 12.8 Å². The third-order valence-electron chi connectivity index (χ3n) is 3.82. The van der Waals surface area contributed by atoms with E-state index in [4.69, 9.17) is 9.47 Å². The summed E-state index contributed by atoms with van der Waals surface area (Å²) in [7, 11) is 1.62. The molecule has 0 amide bonds. The van der Waals surface area contributed by atoms with Crippen LogP contribution in [0.25, 0.3) is 0 Å². The summed E-state index contributed by atoms with van der Waals surface area (Å²) in [5, 5.41) is 0. The standard InChI is InChI=1S/C16H20N4O2/c1-21-16-9-15(18-12-19-16)20-8-2-3-13(10-20)11-22-14-4-6-17-7-5-14/h4-7,9,12-13H,2-3,8,10-11H2,1H3. The number of nitrogens with zero attached hydrogens (tertiary/aromatic N) is 4. The third kappa shape index (κ3) is 3.63. The van der Waals surface area contributed by atoms with E-state index in [1.807, 2.05) is 18.2 Å². The van der Waals surface area contributed by atoms with Crippen LogP contribution in [0.2, 0.25) is 0 Å². The number of methoxy groups -OCH3 is 1. The first-order chi connectivity index (χ1) is 10.8. The summed E-state index contributed by atoms with van der Waals surface area (Å²) in [5.74, 6) is 2.87. The zero-order valence-corrected chi connectivity index (χ0v) is 12.7. The maximum atomic E-state index is 5.85. The number of pyridine rings is 1. The fourth-order valence-corrected chi connectivity index (χ4v) is 2.67. The first-order valence-electron chi connectivity index (χ1n) is 7.49. The van der Waals surface area contributed by atoms with Crippen molar-refractivity contribution in [3.05, 3.63) is 36.9 Å². The molecule has 0 aromatic carbocycles. The predicted molar refractivity (Wildman–Crippen MR) is 83.3 cm³/mol. The van der Waals surface area contributed by atoms with E-state index in [1.165, 1.54) is 6.42 Å². The lowest BCUT2D eigenvalue weighted by molar-refractivity contribution is 0.228. The van der Waals surface area contributed by atoms with Crippen molar-refractivity contribution in [2.75, 3.05) is 31.7 Å². The molecular weight excluding hydrogens is 280 g/mol. The second-order valence-electron chi connectivity index (χ2n) is 5.37. The maximum Gasteiger partial charge on any atom is 0.218 e. The number of hydrogen-bond acceptors (Lipinski definition) is 6. The molecular formula is C16H20N4O2. The van der Waals surface area contributed by atoms with Crippen LogP contribution in [0.3, 0.4) is 0 Å². The van der Waals surface area contributed by atoms with E-state index in [-0.39, 0.29) is 0 Å². The normalized spacial score (nSPS) is 18.0. The Kier molecular flexibility index (Phi) is 4.68. The molecule has 1 aliphatic rings. The van der Waals surface area contributed by atoms with Crippen molar-refractivity contribution in [3.8, 4) is 11.6 Å². The van der Waals surface area contributed by atoms with Gasteiger partial charge in [0.25, 0.3) is 0 Å². The van der Waals surface area contributed by atoms with Crippen LogP contribution < -0.4 is 14.4 Å². The summed E-state index contributed by atoms with van der Waals surface area (Å²) in [6.45, 7) is 2.65. The van der Waals surface area contributed by atoms with Gasteiger partial charge in [-0.25, -0.2) is 9.97 Å². The van der Waals surface area contributed by atoms with Gasteiger partial charge in [0.1, 0.15) is 17.9 Å². The van der Waals surface area contributed by atoms with Gasteiger partial charge in [0.15, 0.2) is 0 Å². The highest BCUT2D eigenvalue weighted by Crippen LogP contribution is 2.24. The highest BCUT2D eigenvalue weighted by molar-refractivity contribution is 5.41. The van der Waals surface area contributed by atoms with Crippen LogP contribution in [0, 0.1) is 5.92 Å². The molecule has 3 heterocycles. The van der Waals surface area contributed by atoms with E-state index in [1.54, 1.807) is 25.8 Å². The Labute approximate surface area is 130 Å². The van der Waals surface area contributed by atoms with Gasteiger partial charge in [-0.1, -0.05) is 0 Å². The summed E-state index contributed by atoms with van der Waals surface area (Å²) in [6.07, 6.45) is 7.34. The highest BCUT2D eigenvalue weighted by Gasteiger charge is 2.22. The smallest absolute Gasteiger partial charge is 0.218 e. The maximum absolute atomic E-state index is 5.85. The monoisotopic (exact) mass is 300 g/mol. The zero-order chi connectivity index (χ0) is 15.2. The second-order valence-corrected chi connectivity index (χ2v) is 5.37. The van der Waals surface area contributed by atoms with Gasteiger partial charge < -0.3 is 14.4 Å². The molecule has 0 aliphatic carbocycles. The van der Waals surface area contributed by atoms with E-state index in [2.05, 4.69) is 19.9 Å². The van der Waals surface area contributed by atoms with Crippen LogP contribution in [-0.2, 0) is 0 Å². The first-order valence-corrected chi connectivity index (χ1v) is 7.49. The Balaban J connectivity index is 1.59. The van der Waals surface area contributed by atoms with Gasteiger partial charge >= 0.3 is 0 Å². The molecule has 1 unspecified atom stereocenters. The van der Waals surface area contributed by atoms with Crippen molar-refractivity contribution >= 4 is 5.82 Å². The summed E-state index contributed by atoms with van der Waals surface area (Å²) >= 11 is 0. The molecule has 2 aromatic heterocycles. The molecule has 1 fully saturated rings. The average Bonchev–Trinajstić information content (AvgIpc) is 2.61. The molecule has 1 atom stereocenters. The fraction of sp³-hybridized carbons (Fsp3) is 0.438. The summed E-state index contributed by atoms with van der Waals surface area (Å²) in [4.78, 5) is 14.7. The van der Waals surface area contributed by atoms with Crippen molar-refractivity contribution in [3.63, 3.8) is 0 Å². The Bertz CT molecular complexity index is 594. The quantitative estimate of drug-likeness (QED) is 0.843. The summed E-state index contributed by atoms with van der Waals surface area (Å²) in [6, 6.07) is 5.65. The van der Waals surface area contributed by atoms with Gasteiger partial charge in [-0.3, -0.25) is 4.98 Å². The molecule has 0 bridgehead atoms. The average molecular weight is 300 g/mol. The Morgan fingerprint density at radius 2 is 2.14 bits per heavy atom. The number of hydrogen-bond donors (Lipinski definition) is 0. The molecule has 6 nitrogen and oxygen atoms in total. The minimum Gasteiger partial charge on any atom is -0.493 e. The first kappa shape index (κ1) is 14.6. The van der Waals surface area contributed by atoms with Crippen LogP contribution in [0.15, 0.2) is 36.9 Å². The van der Waals surface area contributed by atoms with Gasteiger partial charge in [-0.15, -0.1) is 0 Å². The van der Waals surface area contributed by atoms with Gasteiger partial charge in [0.2, 0.25) is 5.88 Å². The summed E-state index contributed by atoms with van der Waals surface area (Å²) in [5.41, 5.74) is 0. The van der Waals surface area contributed by atoms with Crippen molar-refractivity contribution in [2.24, 2.45) is 5.92 Å². The molecule has 1 saturated heterocycles. The lowest BCUT2D eigenvalue weighted by Crippen LogP contribution is -2.38. The lowest BCUT2D eigenvalue weighted by Gasteiger charge is -2.33. The SMILES string of the molecule is COc1cc(N2CCCC(COc3ccncc3)C2)ncn1. The zero-order valence-electron chi connectivity index (χ0n) is 12.7. The molecule has 116 valence electrons. The number of rotatable bonds is 5. The second kappa shape index (κ2) is 7.06. The predicted octanol–water partition coefficient (Wildman–Crippen LogP) is 2.18. The Morgan fingerprint density at radius 3 is 2.95 bits per heavy atom. The number of aromatic nitrogens is 3. The van der Waals surface area contributed by atoms with Gasteiger partial charge in [-0.05, 0) is 25.0 Å². The van der Waals surface area contributed by atoms with Gasteiger partial charge in [0.05, 0.1) is 13.7 Å². The molecule has 0 saturated carbocycles. The molecule has 1 aliphatic heterocycles. The van der Waals surface area contributed by atoms with E-state index >= 15 is 0 Å². The highest BCUT2D eigenvalue weighted by atomic mass is 16.5. The van der Waals surface area contributed by atoms with Gasteiger partial charge in [0, 0.05) is 37.5 Å². The molecule has 22 heavy (non-hydrogen) atoms. The van der Waals surface area contributed by atoms with Crippen molar-refractivity contribution < 1.29 is 9.47 Å². The van der Waals surface area contributed by atoms with E-state index in [9.17, 15) is 0 Å². The number of piperidine rings is 1. The minimum atomic E-state index is 0.489. The van der Waals surface area contributed by atoms with Crippen LogP contribution in [0.4, 0.5) is 5.82 Å². The minimum absolute atomic E-state index is 0.489. The number of ether oxygens (including phenoxy) is 2. The van der Waals surface area contributed by atoms with Crippen molar-refractivity contribution in [1.82, 2.24) is 15.0 Å². The molecule has 0 spiro atoms. The van der Waals surface area contributed by atoms with E-state index in [0.29, 0.717) is 18.4 Å². The topological polar surface area (TPSA) is 60.4 Å². The molecule has 3 rings (SSSR count). The van der Waals surface area contributed by atoms with Crippen molar-refractivity contribution in [1.29, 1.82) is 0 Å². The summed E-state index contributed by atoms with van der Waals surface area (Å²) < 4.78 is 11.0. The third-order valence-corrected chi connectivity index (χ3v) is 3.82. The van der Waals surface area contributed by atoms with E-state index in [0.717, 1.165) is 31.1 Å². The fourth-order valence-electron chi connectivity index (χ4n) is 2.67. The Hall–Kier alpha value is -2.37. The lowest BCUT2D eigenvalue weighted by atomic mass is 9.99. The molecule has 6 heteroatoms. The Morgan fingerprint density at radius 1 is 1.27 bits per heavy atom. The molecule has 0 N–H and O–H groups in total. The van der Waals surface area contributed by atoms with Gasteiger partial charge in [-0.2, -0.15) is 0 Å². The van der Waals surface area contributed by atoms with Crippen LogP contribution in [0.5, 0.6) is 11.6 Å². The molecule has 0 radical (unpaired) electrons. The number of anilines is 1. The van der Waals surface area contributed by atoms with Crippen LogP contribution in [0.1, 0.15) is 12.8 Å². The largest absolute Gasteiger partial charge is 0.493 e. The molecule has 2 aromatic rings.